The van der Waals surface area contributed by atoms with Crippen molar-refractivity contribution in [2.45, 2.75) is 19.9 Å². The van der Waals surface area contributed by atoms with E-state index in [0.717, 1.165) is 43.6 Å². The number of hydrogen-bond acceptors (Lipinski definition) is 3. The Balaban J connectivity index is 0.00000341. The van der Waals surface area contributed by atoms with Gasteiger partial charge < -0.3 is 19.5 Å². The van der Waals surface area contributed by atoms with Crippen molar-refractivity contribution < 1.29 is 4.74 Å². The quantitative estimate of drug-likeness (QED) is 0.243. The molecule has 0 bridgehead atoms. The van der Waals surface area contributed by atoms with E-state index >= 15 is 0 Å². The van der Waals surface area contributed by atoms with Gasteiger partial charge in [0, 0.05) is 45.5 Å². The van der Waals surface area contributed by atoms with Crippen LogP contribution in [0.4, 0.5) is 0 Å². The molecule has 0 unspecified atom stereocenters. The largest absolute Gasteiger partial charge is 0.492 e. The summed E-state index contributed by atoms with van der Waals surface area (Å²) in [5.74, 6) is 2.82. The molecule has 0 amide bonds. The van der Waals surface area contributed by atoms with Crippen molar-refractivity contribution in [1.82, 2.24) is 19.8 Å². The number of ether oxygens (including phenoxy) is 1. The standard InChI is InChI=1S/C24H31N5O.HI/c1-3-25-24(28(2)18-19-30-22-12-8-5-9-13-22)27-15-14-23-26-16-17-29(23)20-21-10-6-4-7-11-21;/h4-13,16-17H,3,14-15,18-20H2,1-2H3,(H,25,27);1H. The van der Waals surface area contributed by atoms with E-state index in [1.165, 1.54) is 5.56 Å². The number of guanidine groups is 1. The topological polar surface area (TPSA) is 54.7 Å². The van der Waals surface area contributed by atoms with Gasteiger partial charge in [-0.3, -0.25) is 4.99 Å². The van der Waals surface area contributed by atoms with Gasteiger partial charge in [0.25, 0.3) is 0 Å². The van der Waals surface area contributed by atoms with E-state index in [4.69, 9.17) is 9.73 Å². The number of halogens is 1. The van der Waals surface area contributed by atoms with E-state index in [2.05, 4.69) is 51.0 Å². The fourth-order valence-corrected chi connectivity index (χ4v) is 3.15. The van der Waals surface area contributed by atoms with Gasteiger partial charge in [-0.2, -0.15) is 0 Å². The molecule has 0 saturated heterocycles. The van der Waals surface area contributed by atoms with Gasteiger partial charge >= 0.3 is 0 Å². The Morgan fingerprint density at radius 3 is 2.52 bits per heavy atom. The predicted octanol–water partition coefficient (Wildman–Crippen LogP) is 4.07. The van der Waals surface area contributed by atoms with Crippen molar-refractivity contribution in [3.05, 3.63) is 84.4 Å². The summed E-state index contributed by atoms with van der Waals surface area (Å²) in [4.78, 5) is 11.4. The monoisotopic (exact) mass is 533 g/mol. The maximum absolute atomic E-state index is 5.80. The van der Waals surface area contributed by atoms with Gasteiger partial charge in [-0.25, -0.2) is 4.98 Å². The number of nitrogens with zero attached hydrogens (tertiary/aromatic N) is 4. The zero-order valence-electron chi connectivity index (χ0n) is 18.3. The summed E-state index contributed by atoms with van der Waals surface area (Å²) in [6, 6.07) is 20.3. The number of imidazole rings is 1. The van der Waals surface area contributed by atoms with Crippen molar-refractivity contribution in [3.63, 3.8) is 0 Å². The zero-order valence-corrected chi connectivity index (χ0v) is 20.6. The predicted molar refractivity (Wildman–Crippen MR) is 137 cm³/mol. The molecule has 1 aromatic heterocycles. The molecule has 3 rings (SSSR count). The third-order valence-corrected chi connectivity index (χ3v) is 4.73. The fourth-order valence-electron chi connectivity index (χ4n) is 3.15. The lowest BCUT2D eigenvalue weighted by molar-refractivity contribution is 0.281. The number of para-hydroxylation sites is 1. The number of hydrogen-bond donors (Lipinski definition) is 1. The Hall–Kier alpha value is -2.55. The highest BCUT2D eigenvalue weighted by Gasteiger charge is 2.07. The molecule has 31 heavy (non-hydrogen) atoms. The molecule has 0 fully saturated rings. The number of aromatic nitrogens is 2. The van der Waals surface area contributed by atoms with E-state index in [9.17, 15) is 0 Å². The summed E-state index contributed by atoms with van der Waals surface area (Å²) in [6.07, 6.45) is 4.69. The maximum atomic E-state index is 5.80. The van der Waals surface area contributed by atoms with Crippen molar-refractivity contribution in [2.75, 3.05) is 33.3 Å². The minimum Gasteiger partial charge on any atom is -0.492 e. The summed E-state index contributed by atoms with van der Waals surface area (Å²) in [5.41, 5.74) is 1.27. The average molecular weight is 533 g/mol. The molecular weight excluding hydrogens is 501 g/mol. The smallest absolute Gasteiger partial charge is 0.193 e. The average Bonchev–Trinajstić information content (AvgIpc) is 3.21. The van der Waals surface area contributed by atoms with Crippen LogP contribution >= 0.6 is 24.0 Å². The van der Waals surface area contributed by atoms with Crippen LogP contribution in [0.2, 0.25) is 0 Å². The second-order valence-electron chi connectivity index (χ2n) is 7.03. The minimum atomic E-state index is 0. The summed E-state index contributed by atoms with van der Waals surface area (Å²) in [6.45, 7) is 5.77. The zero-order chi connectivity index (χ0) is 21.0. The lowest BCUT2D eigenvalue weighted by Crippen LogP contribution is -2.41. The van der Waals surface area contributed by atoms with Crippen LogP contribution in [0.25, 0.3) is 0 Å². The summed E-state index contributed by atoms with van der Waals surface area (Å²) >= 11 is 0. The third-order valence-electron chi connectivity index (χ3n) is 4.73. The van der Waals surface area contributed by atoms with E-state index in [1.807, 2.05) is 55.8 Å². The van der Waals surface area contributed by atoms with Gasteiger partial charge in [0.1, 0.15) is 18.2 Å². The molecule has 1 N–H and O–H groups in total. The van der Waals surface area contributed by atoms with Crippen molar-refractivity contribution in [2.24, 2.45) is 4.99 Å². The molecule has 0 aliphatic rings. The van der Waals surface area contributed by atoms with E-state index in [-0.39, 0.29) is 24.0 Å². The first-order valence-corrected chi connectivity index (χ1v) is 10.5. The lowest BCUT2D eigenvalue weighted by Gasteiger charge is -2.22. The first-order valence-electron chi connectivity index (χ1n) is 10.5. The summed E-state index contributed by atoms with van der Waals surface area (Å²) in [7, 11) is 2.03. The highest BCUT2D eigenvalue weighted by Crippen LogP contribution is 2.08. The molecule has 0 atom stereocenters. The molecule has 3 aromatic rings. The van der Waals surface area contributed by atoms with Crippen LogP contribution < -0.4 is 10.1 Å². The molecule has 0 aliphatic heterocycles. The van der Waals surface area contributed by atoms with Crippen LogP contribution in [-0.2, 0) is 13.0 Å². The van der Waals surface area contributed by atoms with Crippen molar-refractivity contribution in [1.29, 1.82) is 0 Å². The van der Waals surface area contributed by atoms with Crippen LogP contribution in [0.1, 0.15) is 18.3 Å². The third kappa shape index (κ3) is 8.24. The summed E-state index contributed by atoms with van der Waals surface area (Å²) < 4.78 is 7.99. The molecular formula is C24H32IN5O. The molecule has 6 nitrogen and oxygen atoms in total. The Kier molecular flexibility index (Phi) is 10.9. The van der Waals surface area contributed by atoms with Crippen LogP contribution in [0.15, 0.2) is 78.0 Å². The Morgan fingerprint density at radius 1 is 1.10 bits per heavy atom. The van der Waals surface area contributed by atoms with E-state index < -0.39 is 0 Å². The second-order valence-corrected chi connectivity index (χ2v) is 7.03. The number of benzene rings is 2. The van der Waals surface area contributed by atoms with Crippen molar-refractivity contribution >= 4 is 29.9 Å². The number of rotatable bonds is 10. The fraction of sp³-hybridized carbons (Fsp3) is 0.333. The first-order chi connectivity index (χ1) is 14.8. The highest BCUT2D eigenvalue weighted by atomic mass is 127. The molecule has 1 heterocycles. The van der Waals surface area contributed by atoms with Gasteiger partial charge in [-0.1, -0.05) is 48.5 Å². The van der Waals surface area contributed by atoms with Crippen LogP contribution in [0.5, 0.6) is 5.75 Å². The molecule has 0 saturated carbocycles. The molecule has 0 spiro atoms. The van der Waals surface area contributed by atoms with Gasteiger partial charge in [-0.15, -0.1) is 24.0 Å². The normalized spacial score (nSPS) is 11.0. The lowest BCUT2D eigenvalue weighted by atomic mass is 10.2. The molecule has 2 aromatic carbocycles. The Morgan fingerprint density at radius 2 is 1.81 bits per heavy atom. The second kappa shape index (κ2) is 13.7. The molecule has 0 aliphatic carbocycles. The Labute approximate surface area is 202 Å². The van der Waals surface area contributed by atoms with Gasteiger partial charge in [0.15, 0.2) is 5.96 Å². The molecule has 166 valence electrons. The van der Waals surface area contributed by atoms with E-state index in [1.54, 1.807) is 0 Å². The SMILES string of the molecule is CCNC(=NCCc1nccn1Cc1ccccc1)N(C)CCOc1ccccc1.I. The van der Waals surface area contributed by atoms with E-state index in [0.29, 0.717) is 13.2 Å². The minimum absolute atomic E-state index is 0. The summed E-state index contributed by atoms with van der Waals surface area (Å²) in [5, 5.41) is 3.36. The Bertz CT molecular complexity index is 899. The molecule has 0 radical (unpaired) electrons. The van der Waals surface area contributed by atoms with Crippen molar-refractivity contribution in [3.8, 4) is 5.75 Å². The van der Waals surface area contributed by atoms with Crippen LogP contribution in [0, 0.1) is 0 Å². The number of nitrogens with one attached hydrogen (secondary N) is 1. The highest BCUT2D eigenvalue weighted by molar-refractivity contribution is 14.0. The first kappa shape index (κ1) is 24.7. The van der Waals surface area contributed by atoms with Crippen LogP contribution in [-0.4, -0.2) is 53.7 Å². The maximum Gasteiger partial charge on any atom is 0.193 e. The molecule has 7 heteroatoms. The van der Waals surface area contributed by atoms with Gasteiger partial charge in [0.2, 0.25) is 0 Å². The number of likely N-dealkylation sites (N-methyl/N-ethyl adjacent to an activating group) is 1. The van der Waals surface area contributed by atoms with Gasteiger partial charge in [0.05, 0.1) is 6.54 Å². The number of aliphatic imine (C=N–C) groups is 1. The van der Waals surface area contributed by atoms with Crippen LogP contribution in [0.3, 0.4) is 0 Å². The van der Waals surface area contributed by atoms with Gasteiger partial charge in [-0.05, 0) is 24.6 Å².